The first kappa shape index (κ1) is 23.2. The van der Waals surface area contributed by atoms with Crippen molar-refractivity contribution in [3.05, 3.63) is 46.4 Å². The number of aliphatic hydroxyl groups excluding tert-OH is 1. The zero-order valence-electron chi connectivity index (χ0n) is 19.0. The zero-order chi connectivity index (χ0) is 23.8. The van der Waals surface area contributed by atoms with Crippen molar-refractivity contribution in [2.24, 2.45) is 23.2 Å². The quantitative estimate of drug-likeness (QED) is 0.618. The highest BCUT2D eigenvalue weighted by Crippen LogP contribution is 2.67. The number of cyclic esters (lactones) is 1. The summed E-state index contributed by atoms with van der Waals surface area (Å²) < 4.78 is 17.4. The predicted molar refractivity (Wildman–Crippen MR) is 116 cm³/mol. The first-order chi connectivity index (χ1) is 14.8. The molecule has 1 aliphatic carbocycles. The van der Waals surface area contributed by atoms with Gasteiger partial charge in [-0.2, -0.15) is 0 Å². The van der Waals surface area contributed by atoms with Crippen molar-refractivity contribution in [3.8, 4) is 0 Å². The summed E-state index contributed by atoms with van der Waals surface area (Å²) in [5.41, 5.74) is -1.97. The molecule has 0 unspecified atom stereocenters. The number of Topliss-reactive ketones (excluding diaryl/α,β-unsaturated/α-hetero) is 1. The summed E-state index contributed by atoms with van der Waals surface area (Å²) >= 11 is 6.53. The molecular weight excluding hydrogens is 436 g/mol. The second kappa shape index (κ2) is 7.29. The number of rotatable bonds is 3. The van der Waals surface area contributed by atoms with Crippen LogP contribution in [0.4, 0.5) is 0 Å². The number of ketones is 1. The van der Waals surface area contributed by atoms with E-state index in [4.69, 9.17) is 25.8 Å². The van der Waals surface area contributed by atoms with E-state index in [-0.39, 0.29) is 11.0 Å². The highest BCUT2D eigenvalue weighted by molar-refractivity contribution is 6.45. The normalized spacial score (nSPS) is 43.0. The predicted octanol–water partition coefficient (Wildman–Crippen LogP) is 3.11. The molecular formula is C24H29ClO7. The Morgan fingerprint density at radius 3 is 2.50 bits per heavy atom. The first-order valence-corrected chi connectivity index (χ1v) is 11.2. The minimum atomic E-state index is -1.90. The Morgan fingerprint density at radius 1 is 1.22 bits per heavy atom. The lowest BCUT2D eigenvalue weighted by Crippen LogP contribution is -2.59. The van der Waals surface area contributed by atoms with Gasteiger partial charge in [0.15, 0.2) is 5.79 Å². The van der Waals surface area contributed by atoms with Crippen LogP contribution in [0, 0.1) is 23.2 Å². The number of fused-ring (bicyclic) bond motifs is 5. The maximum atomic E-state index is 13.5. The Kier molecular flexibility index (Phi) is 5.29. The van der Waals surface area contributed by atoms with Crippen LogP contribution in [0.5, 0.6) is 0 Å². The van der Waals surface area contributed by atoms with E-state index in [0.29, 0.717) is 16.9 Å². The Labute approximate surface area is 192 Å². The van der Waals surface area contributed by atoms with Gasteiger partial charge >= 0.3 is 5.97 Å². The van der Waals surface area contributed by atoms with Crippen LogP contribution in [0.2, 0.25) is 0 Å². The average molecular weight is 465 g/mol. The average Bonchev–Trinajstić information content (AvgIpc) is 2.93. The molecule has 4 rings (SSSR count). The molecule has 0 spiro atoms. The Bertz CT molecular complexity index is 1010. The Morgan fingerprint density at radius 2 is 1.88 bits per heavy atom. The smallest absolute Gasteiger partial charge is 0.315 e. The molecule has 32 heavy (non-hydrogen) atoms. The third-order valence-electron chi connectivity index (χ3n) is 7.89. The first-order valence-electron chi connectivity index (χ1n) is 10.8. The summed E-state index contributed by atoms with van der Waals surface area (Å²) in [5, 5.41) is 21.2. The van der Waals surface area contributed by atoms with Crippen LogP contribution < -0.4 is 0 Å². The Balaban J connectivity index is 1.83. The maximum Gasteiger partial charge on any atom is 0.315 e. The van der Waals surface area contributed by atoms with Crippen molar-refractivity contribution in [2.75, 3.05) is 0 Å². The SMILES string of the molecule is C[C@@H]1[C@@H](C)OC(=O)[C@H]2[C@]1(O)O[C@]1(C)C(=O)C(Cl)=C3C=C(/C=C/[C@H](C)[C@@H](C)O)OC=C3[C@]21C. The van der Waals surface area contributed by atoms with Crippen LogP contribution in [0.25, 0.3) is 0 Å². The van der Waals surface area contributed by atoms with Gasteiger partial charge in [0.1, 0.15) is 23.4 Å². The molecule has 8 atom stereocenters. The van der Waals surface area contributed by atoms with Crippen LogP contribution in [0.3, 0.4) is 0 Å². The van der Waals surface area contributed by atoms with Crippen molar-refractivity contribution < 1.29 is 34.0 Å². The van der Waals surface area contributed by atoms with Crippen LogP contribution in [-0.2, 0) is 23.8 Å². The van der Waals surface area contributed by atoms with Gasteiger partial charge in [0.05, 0.1) is 22.8 Å². The molecule has 0 aromatic carbocycles. The van der Waals surface area contributed by atoms with Crippen LogP contribution in [0.15, 0.2) is 46.4 Å². The molecule has 0 saturated carbocycles. The fourth-order valence-electron chi connectivity index (χ4n) is 5.18. The molecule has 3 aliphatic heterocycles. The molecule has 8 heteroatoms. The van der Waals surface area contributed by atoms with Crippen LogP contribution in [0.1, 0.15) is 41.5 Å². The van der Waals surface area contributed by atoms with Crippen molar-refractivity contribution in [3.63, 3.8) is 0 Å². The molecule has 0 radical (unpaired) electrons. The highest BCUT2D eigenvalue weighted by atomic mass is 35.5. The number of hydrogen-bond donors (Lipinski definition) is 2. The fraction of sp³-hybridized carbons (Fsp3) is 0.583. The second-order valence-corrected chi connectivity index (χ2v) is 10.0. The summed E-state index contributed by atoms with van der Waals surface area (Å²) in [4.78, 5) is 26.6. The molecule has 2 fully saturated rings. The van der Waals surface area contributed by atoms with E-state index >= 15 is 0 Å². The van der Waals surface area contributed by atoms with Gasteiger partial charge < -0.3 is 24.4 Å². The van der Waals surface area contributed by atoms with E-state index in [1.807, 2.05) is 6.92 Å². The second-order valence-electron chi connectivity index (χ2n) is 9.66. The standard InChI is InChI=1S/C24H29ClO7/c1-11(13(3)26)7-8-15-9-16-17(10-30-15)22(5)19-21(28)31-14(4)12(2)24(19,29)32-23(22,6)20(27)18(16)25/h7-14,19,26,29H,1-6H3/b8-7+/t11-,12+,13+,14+,19+,22+,23+,24+/m0/s1. The number of carbonyl (C=O) groups excluding carboxylic acids is 2. The van der Waals surface area contributed by atoms with Gasteiger partial charge in [-0.05, 0) is 32.9 Å². The van der Waals surface area contributed by atoms with E-state index in [1.165, 1.54) is 6.26 Å². The summed E-state index contributed by atoms with van der Waals surface area (Å²) in [6, 6.07) is 0. The van der Waals surface area contributed by atoms with Crippen molar-refractivity contribution in [1.29, 1.82) is 0 Å². The third-order valence-corrected chi connectivity index (χ3v) is 8.26. The van der Waals surface area contributed by atoms with E-state index in [1.54, 1.807) is 52.8 Å². The van der Waals surface area contributed by atoms with Gasteiger partial charge in [-0.1, -0.05) is 38.4 Å². The number of aliphatic hydroxyl groups is 2. The lowest BCUT2D eigenvalue weighted by atomic mass is 9.55. The zero-order valence-corrected chi connectivity index (χ0v) is 19.8. The Hall–Kier alpha value is -1.93. The minimum absolute atomic E-state index is 0.0506. The van der Waals surface area contributed by atoms with Gasteiger partial charge in [-0.25, -0.2) is 0 Å². The molecule has 7 nitrogen and oxygen atoms in total. The molecule has 2 N–H and O–H groups in total. The number of esters is 1. The fourth-order valence-corrected chi connectivity index (χ4v) is 5.52. The maximum absolute atomic E-state index is 13.5. The number of hydrogen-bond acceptors (Lipinski definition) is 7. The summed E-state index contributed by atoms with van der Waals surface area (Å²) in [5.74, 6) is -4.44. The number of allylic oxidation sites excluding steroid dienone is 3. The van der Waals surface area contributed by atoms with Gasteiger partial charge in [0.2, 0.25) is 5.78 Å². The number of halogens is 1. The van der Waals surface area contributed by atoms with Crippen LogP contribution in [-0.4, -0.2) is 45.6 Å². The van der Waals surface area contributed by atoms with Crippen molar-refractivity contribution in [2.45, 2.75) is 65.1 Å². The molecule has 2 saturated heterocycles. The largest absolute Gasteiger partial charge is 0.465 e. The summed E-state index contributed by atoms with van der Waals surface area (Å²) in [6.07, 6.45) is 5.46. The molecule has 0 aromatic rings. The van der Waals surface area contributed by atoms with E-state index in [9.17, 15) is 19.8 Å². The topological polar surface area (TPSA) is 102 Å². The summed E-state index contributed by atoms with van der Waals surface area (Å²) in [6.45, 7) is 10.2. The molecule has 0 amide bonds. The monoisotopic (exact) mass is 464 g/mol. The number of carbonyl (C=O) groups is 2. The van der Waals surface area contributed by atoms with E-state index in [2.05, 4.69) is 0 Å². The highest BCUT2D eigenvalue weighted by Gasteiger charge is 2.78. The molecule has 0 bridgehead atoms. The molecule has 174 valence electrons. The van der Waals surface area contributed by atoms with Gasteiger partial charge in [-0.15, -0.1) is 0 Å². The number of ether oxygens (including phenoxy) is 3. The molecule has 4 aliphatic rings. The lowest BCUT2D eigenvalue weighted by Gasteiger charge is -2.47. The van der Waals surface area contributed by atoms with Gasteiger partial charge in [-0.3, -0.25) is 9.59 Å². The lowest BCUT2D eigenvalue weighted by molar-refractivity contribution is -0.286. The van der Waals surface area contributed by atoms with Crippen molar-refractivity contribution >= 4 is 23.4 Å². The van der Waals surface area contributed by atoms with E-state index < -0.39 is 52.6 Å². The van der Waals surface area contributed by atoms with Crippen LogP contribution >= 0.6 is 11.6 Å². The third kappa shape index (κ3) is 2.84. The summed E-state index contributed by atoms with van der Waals surface area (Å²) in [7, 11) is 0. The van der Waals surface area contributed by atoms with Gasteiger partial charge in [0.25, 0.3) is 0 Å². The van der Waals surface area contributed by atoms with Gasteiger partial charge in [0, 0.05) is 23.0 Å². The van der Waals surface area contributed by atoms with E-state index in [0.717, 1.165) is 0 Å². The van der Waals surface area contributed by atoms with Crippen molar-refractivity contribution in [1.82, 2.24) is 0 Å². The molecule has 3 heterocycles. The minimum Gasteiger partial charge on any atom is -0.465 e. The molecule has 0 aromatic heterocycles.